The van der Waals surface area contributed by atoms with Crippen LogP contribution in [0.1, 0.15) is 41.8 Å². The molecule has 1 amide bonds. The molecule has 0 aliphatic heterocycles. The number of thiophene rings is 1. The van der Waals surface area contributed by atoms with E-state index >= 15 is 0 Å². The van der Waals surface area contributed by atoms with Crippen molar-refractivity contribution in [3.8, 4) is 11.1 Å². The molecule has 8 heteroatoms. The summed E-state index contributed by atoms with van der Waals surface area (Å²) in [6, 6.07) is 16.2. The smallest absolute Gasteiger partial charge is 0.411 e. The van der Waals surface area contributed by atoms with E-state index in [0.29, 0.717) is 13.7 Å². The lowest BCUT2D eigenvalue weighted by Crippen LogP contribution is -2.43. The van der Waals surface area contributed by atoms with E-state index < -0.39 is 24.1 Å². The first-order valence-electron chi connectivity index (χ1n) is 10.1. The molecule has 1 aromatic heterocycles. The van der Waals surface area contributed by atoms with Gasteiger partial charge in [0.15, 0.2) is 6.04 Å². The van der Waals surface area contributed by atoms with Crippen molar-refractivity contribution in [1.82, 2.24) is 4.90 Å². The van der Waals surface area contributed by atoms with Crippen LogP contribution in [-0.4, -0.2) is 34.7 Å². The summed E-state index contributed by atoms with van der Waals surface area (Å²) < 4.78 is 6.77. The Morgan fingerprint density at radius 2 is 1.69 bits per heavy atom. The molecule has 0 radical (unpaired) electrons. The van der Waals surface area contributed by atoms with Gasteiger partial charge in [-0.2, -0.15) is 0 Å². The predicted molar refractivity (Wildman–Crippen MR) is 129 cm³/mol. The van der Waals surface area contributed by atoms with Gasteiger partial charge < -0.3 is 9.84 Å². The number of benzene rings is 2. The number of nitrogens with zero attached hydrogens (tertiary/aromatic N) is 1. The fourth-order valence-electron chi connectivity index (χ4n) is 4.16. The van der Waals surface area contributed by atoms with Crippen LogP contribution >= 0.6 is 38.9 Å². The van der Waals surface area contributed by atoms with Crippen molar-refractivity contribution in [1.29, 1.82) is 0 Å². The van der Waals surface area contributed by atoms with Crippen LogP contribution in [0.25, 0.3) is 11.1 Å². The maximum atomic E-state index is 13.2. The lowest BCUT2D eigenvalue weighted by molar-refractivity contribution is -0.143. The topological polar surface area (TPSA) is 66.8 Å². The molecular weight excluding hydrogens is 514 g/mol. The van der Waals surface area contributed by atoms with Crippen molar-refractivity contribution >= 4 is 50.9 Å². The summed E-state index contributed by atoms with van der Waals surface area (Å²) in [6.45, 7) is 3.65. The number of hydrogen-bond acceptors (Lipinski definition) is 4. The van der Waals surface area contributed by atoms with Gasteiger partial charge in [-0.05, 0) is 58.1 Å². The van der Waals surface area contributed by atoms with Crippen molar-refractivity contribution in [3.63, 3.8) is 0 Å². The number of amides is 1. The summed E-state index contributed by atoms with van der Waals surface area (Å²) in [5.74, 6) is -1.24. The minimum atomic E-state index is -1.19. The standard InChI is InChI=1S/C24H21BrClNO4S/c1-13(2)27(21(23(28)29)20-11-19(25)22(26)32-20)24(30)31-12-18-16-9-5-3-7-14(16)15-8-4-6-10-17(15)18/h3-11,13,18,21H,12H2,1-2H3,(H,28,29). The molecule has 32 heavy (non-hydrogen) atoms. The Morgan fingerprint density at radius 3 is 2.16 bits per heavy atom. The Hall–Kier alpha value is -2.35. The van der Waals surface area contributed by atoms with Gasteiger partial charge >= 0.3 is 12.1 Å². The highest BCUT2D eigenvalue weighted by Crippen LogP contribution is 2.45. The van der Waals surface area contributed by atoms with Crippen molar-refractivity contribution in [2.45, 2.75) is 31.8 Å². The summed E-state index contributed by atoms with van der Waals surface area (Å²) in [5.41, 5.74) is 4.46. The van der Waals surface area contributed by atoms with Crippen LogP contribution in [0.5, 0.6) is 0 Å². The normalized spacial score (nSPS) is 13.5. The lowest BCUT2D eigenvalue weighted by Gasteiger charge is -2.31. The summed E-state index contributed by atoms with van der Waals surface area (Å²) in [7, 11) is 0. The SMILES string of the molecule is CC(C)N(C(=O)OCC1c2ccccc2-c2ccccc21)C(C(=O)O)c1cc(Br)c(Cl)s1. The van der Waals surface area contributed by atoms with Gasteiger partial charge in [0.2, 0.25) is 0 Å². The van der Waals surface area contributed by atoms with Crippen LogP contribution < -0.4 is 0 Å². The van der Waals surface area contributed by atoms with Crippen LogP contribution in [0.2, 0.25) is 4.34 Å². The van der Waals surface area contributed by atoms with Crippen molar-refractivity contribution in [2.75, 3.05) is 6.61 Å². The Morgan fingerprint density at radius 1 is 1.12 bits per heavy atom. The van der Waals surface area contributed by atoms with Gasteiger partial charge in [-0.25, -0.2) is 9.59 Å². The zero-order chi connectivity index (χ0) is 23.0. The Balaban J connectivity index is 1.60. The largest absolute Gasteiger partial charge is 0.479 e. The molecule has 1 N–H and O–H groups in total. The lowest BCUT2D eigenvalue weighted by atomic mass is 9.98. The van der Waals surface area contributed by atoms with Gasteiger partial charge in [0.05, 0.1) is 0 Å². The van der Waals surface area contributed by atoms with Gasteiger partial charge in [0.1, 0.15) is 10.9 Å². The van der Waals surface area contributed by atoms with Crippen molar-refractivity contribution in [2.24, 2.45) is 0 Å². The zero-order valence-corrected chi connectivity index (χ0v) is 20.6. The monoisotopic (exact) mass is 533 g/mol. The molecule has 0 bridgehead atoms. The zero-order valence-electron chi connectivity index (χ0n) is 17.4. The maximum absolute atomic E-state index is 13.2. The number of rotatable bonds is 6. The van der Waals surface area contributed by atoms with Gasteiger partial charge in [0, 0.05) is 21.3 Å². The van der Waals surface area contributed by atoms with Gasteiger partial charge in [-0.3, -0.25) is 4.90 Å². The molecule has 1 aliphatic carbocycles. The average molecular weight is 535 g/mol. The Labute approximate surface area is 203 Å². The van der Waals surface area contributed by atoms with Crippen LogP contribution in [0, 0.1) is 0 Å². The van der Waals surface area contributed by atoms with Gasteiger partial charge in [0.25, 0.3) is 0 Å². The molecule has 1 unspecified atom stereocenters. The van der Waals surface area contributed by atoms with Crippen LogP contribution in [-0.2, 0) is 9.53 Å². The molecular formula is C24H21BrClNO4S. The molecule has 1 heterocycles. The van der Waals surface area contributed by atoms with E-state index in [0.717, 1.165) is 33.6 Å². The average Bonchev–Trinajstić information content (AvgIpc) is 3.26. The fraction of sp³-hybridized carbons (Fsp3) is 0.250. The molecule has 2 aromatic carbocycles. The number of ether oxygens (including phenoxy) is 1. The highest BCUT2D eigenvalue weighted by molar-refractivity contribution is 9.10. The number of carboxylic acid groups (broad SMARTS) is 1. The molecule has 5 nitrogen and oxygen atoms in total. The number of halogens is 2. The first-order valence-corrected chi connectivity index (χ1v) is 12.1. The highest BCUT2D eigenvalue weighted by Gasteiger charge is 2.37. The van der Waals surface area contributed by atoms with Gasteiger partial charge in [-0.15, -0.1) is 11.3 Å². The second-order valence-corrected chi connectivity index (χ2v) is 10.4. The quantitative estimate of drug-likeness (QED) is 0.372. The van der Waals surface area contributed by atoms with Crippen LogP contribution in [0.4, 0.5) is 4.79 Å². The third-order valence-electron chi connectivity index (χ3n) is 5.55. The van der Waals surface area contributed by atoms with Crippen LogP contribution in [0.3, 0.4) is 0 Å². The fourth-order valence-corrected chi connectivity index (χ4v) is 5.99. The molecule has 1 atom stereocenters. The second-order valence-electron chi connectivity index (χ2n) is 7.82. The van der Waals surface area contributed by atoms with E-state index in [-0.39, 0.29) is 12.5 Å². The third kappa shape index (κ3) is 4.17. The number of fused-ring (bicyclic) bond motifs is 3. The Kier molecular flexibility index (Phi) is 6.60. The molecule has 0 saturated heterocycles. The molecule has 0 spiro atoms. The minimum absolute atomic E-state index is 0.103. The Bertz CT molecular complexity index is 1110. The molecule has 4 rings (SSSR count). The van der Waals surface area contributed by atoms with E-state index in [1.54, 1.807) is 19.9 Å². The summed E-state index contributed by atoms with van der Waals surface area (Å²) in [4.78, 5) is 27.0. The van der Waals surface area contributed by atoms with Crippen molar-refractivity contribution in [3.05, 3.63) is 79.4 Å². The number of carbonyl (C=O) groups excluding carboxylic acids is 1. The van der Waals surface area contributed by atoms with E-state index in [1.165, 1.54) is 4.90 Å². The van der Waals surface area contributed by atoms with Crippen molar-refractivity contribution < 1.29 is 19.4 Å². The third-order valence-corrected chi connectivity index (χ3v) is 8.08. The number of carboxylic acids is 1. The first-order chi connectivity index (χ1) is 15.3. The molecule has 1 aliphatic rings. The highest BCUT2D eigenvalue weighted by atomic mass is 79.9. The molecule has 0 fully saturated rings. The number of hydrogen-bond donors (Lipinski definition) is 1. The van der Waals surface area contributed by atoms with E-state index in [1.807, 2.05) is 36.4 Å². The predicted octanol–water partition coefficient (Wildman–Crippen LogP) is 6.95. The maximum Gasteiger partial charge on any atom is 0.411 e. The minimum Gasteiger partial charge on any atom is -0.479 e. The second kappa shape index (κ2) is 9.25. The molecule has 0 saturated carbocycles. The number of carbonyl (C=O) groups is 2. The number of aliphatic carboxylic acids is 1. The summed E-state index contributed by atoms with van der Waals surface area (Å²) in [6.07, 6.45) is -0.671. The van der Waals surface area contributed by atoms with E-state index in [2.05, 4.69) is 28.1 Å². The van der Waals surface area contributed by atoms with E-state index in [4.69, 9.17) is 16.3 Å². The van der Waals surface area contributed by atoms with Crippen LogP contribution in [0.15, 0.2) is 59.1 Å². The summed E-state index contributed by atoms with van der Waals surface area (Å²) >= 11 is 10.6. The molecule has 3 aromatic rings. The van der Waals surface area contributed by atoms with E-state index in [9.17, 15) is 14.7 Å². The first kappa shape index (κ1) is 22.8. The van der Waals surface area contributed by atoms with Gasteiger partial charge in [-0.1, -0.05) is 60.1 Å². The molecule has 166 valence electrons. The summed E-state index contributed by atoms with van der Waals surface area (Å²) in [5, 5.41) is 9.93.